The summed E-state index contributed by atoms with van der Waals surface area (Å²) in [7, 11) is 0. The number of ether oxygens (including phenoxy) is 1. The van der Waals surface area contributed by atoms with Crippen molar-refractivity contribution in [2.24, 2.45) is 0 Å². The number of aryl methyl sites for hydroxylation is 2. The summed E-state index contributed by atoms with van der Waals surface area (Å²) in [5.41, 5.74) is 2.20. The van der Waals surface area contributed by atoms with Crippen LogP contribution in [0.15, 0.2) is 28.8 Å². The number of benzene rings is 1. The Hall–Kier alpha value is -1.78. The van der Waals surface area contributed by atoms with E-state index in [-0.39, 0.29) is 6.61 Å². The van der Waals surface area contributed by atoms with E-state index in [1.807, 2.05) is 32.0 Å². The third-order valence-electron chi connectivity index (χ3n) is 3.02. The lowest BCUT2D eigenvalue weighted by molar-refractivity contribution is 0.290. The van der Waals surface area contributed by atoms with E-state index in [9.17, 15) is 0 Å². The molecule has 6 heteroatoms. The Balaban J connectivity index is 2.02. The Kier molecular flexibility index (Phi) is 3.74. The van der Waals surface area contributed by atoms with E-state index < -0.39 is 0 Å². The van der Waals surface area contributed by atoms with Gasteiger partial charge >= 0.3 is 0 Å². The van der Waals surface area contributed by atoms with Crippen LogP contribution in [0, 0.1) is 13.8 Å². The molecule has 2 aromatic heterocycles. The molecular formula is C15H12Cl2N2O2. The summed E-state index contributed by atoms with van der Waals surface area (Å²) in [4.78, 5) is 4.48. The van der Waals surface area contributed by atoms with Gasteiger partial charge in [-0.1, -0.05) is 28.4 Å². The topological polar surface area (TPSA) is 48.2 Å². The molecule has 0 radical (unpaired) electrons. The molecule has 0 bridgehead atoms. The normalized spacial score (nSPS) is 11.0. The van der Waals surface area contributed by atoms with Crippen LogP contribution in [0.25, 0.3) is 10.9 Å². The van der Waals surface area contributed by atoms with Crippen LogP contribution in [0.3, 0.4) is 0 Å². The second-order valence-corrected chi connectivity index (χ2v) is 5.55. The molecule has 21 heavy (non-hydrogen) atoms. The number of rotatable bonds is 3. The molecule has 0 spiro atoms. The van der Waals surface area contributed by atoms with Gasteiger partial charge in [0.1, 0.15) is 23.6 Å². The second-order valence-electron chi connectivity index (χ2n) is 4.74. The molecule has 4 nitrogen and oxygen atoms in total. The van der Waals surface area contributed by atoms with Gasteiger partial charge in [-0.25, -0.2) is 4.98 Å². The highest BCUT2D eigenvalue weighted by Gasteiger charge is 2.14. The van der Waals surface area contributed by atoms with E-state index in [0.717, 1.165) is 16.8 Å². The summed E-state index contributed by atoms with van der Waals surface area (Å²) in [6.45, 7) is 3.98. The van der Waals surface area contributed by atoms with Crippen molar-refractivity contribution < 1.29 is 9.26 Å². The van der Waals surface area contributed by atoms with Gasteiger partial charge in [0.2, 0.25) is 0 Å². The zero-order chi connectivity index (χ0) is 15.0. The summed E-state index contributed by atoms with van der Waals surface area (Å²) >= 11 is 12.4. The summed E-state index contributed by atoms with van der Waals surface area (Å²) in [5.74, 6) is 1.23. The highest BCUT2D eigenvalue weighted by Crippen LogP contribution is 2.37. The lowest BCUT2D eigenvalue weighted by atomic mass is 10.2. The van der Waals surface area contributed by atoms with E-state index in [4.69, 9.17) is 32.5 Å². The number of fused-ring (bicyclic) bond motifs is 1. The second kappa shape index (κ2) is 5.54. The predicted molar refractivity (Wildman–Crippen MR) is 82.1 cm³/mol. The molecule has 0 fully saturated rings. The van der Waals surface area contributed by atoms with Gasteiger partial charge in [0, 0.05) is 17.1 Å². The smallest absolute Gasteiger partial charge is 0.164 e. The molecule has 0 saturated heterocycles. The van der Waals surface area contributed by atoms with Crippen molar-refractivity contribution in [1.29, 1.82) is 0 Å². The van der Waals surface area contributed by atoms with E-state index in [2.05, 4.69) is 10.1 Å². The highest BCUT2D eigenvalue weighted by atomic mass is 35.5. The number of pyridine rings is 1. The number of nitrogens with zero attached hydrogens (tertiary/aromatic N) is 2. The molecule has 0 aliphatic rings. The molecule has 1 aromatic carbocycles. The first-order chi connectivity index (χ1) is 10.0. The van der Waals surface area contributed by atoms with Gasteiger partial charge in [-0.05, 0) is 32.0 Å². The van der Waals surface area contributed by atoms with Crippen molar-refractivity contribution in [2.45, 2.75) is 20.5 Å². The first-order valence-corrected chi connectivity index (χ1v) is 7.10. The van der Waals surface area contributed by atoms with Crippen LogP contribution in [0.1, 0.15) is 17.1 Å². The minimum atomic E-state index is 0.253. The molecule has 0 saturated carbocycles. The Labute approximate surface area is 131 Å². The summed E-state index contributed by atoms with van der Waals surface area (Å²) < 4.78 is 10.8. The van der Waals surface area contributed by atoms with Crippen LogP contribution in [-0.4, -0.2) is 10.1 Å². The van der Waals surface area contributed by atoms with Gasteiger partial charge in [0.05, 0.1) is 10.0 Å². The Morgan fingerprint density at radius 2 is 1.95 bits per heavy atom. The molecule has 0 unspecified atom stereocenters. The molecule has 0 aliphatic carbocycles. The average molecular weight is 323 g/mol. The van der Waals surface area contributed by atoms with Crippen LogP contribution in [0.4, 0.5) is 0 Å². The van der Waals surface area contributed by atoms with Crippen molar-refractivity contribution in [2.75, 3.05) is 0 Å². The first-order valence-electron chi connectivity index (χ1n) is 6.35. The maximum Gasteiger partial charge on any atom is 0.164 e. The molecule has 3 aromatic rings. The zero-order valence-electron chi connectivity index (χ0n) is 11.5. The molecule has 3 rings (SSSR count). The summed E-state index contributed by atoms with van der Waals surface area (Å²) in [5, 5.41) is 5.66. The highest BCUT2D eigenvalue weighted by molar-refractivity contribution is 6.39. The predicted octanol–water partition coefficient (Wildman–Crippen LogP) is 4.73. The largest absolute Gasteiger partial charge is 0.483 e. The van der Waals surface area contributed by atoms with E-state index in [1.165, 1.54) is 0 Å². The fourth-order valence-electron chi connectivity index (χ4n) is 2.06. The first kappa shape index (κ1) is 14.2. The number of halogens is 2. The van der Waals surface area contributed by atoms with Gasteiger partial charge in [0.25, 0.3) is 0 Å². The summed E-state index contributed by atoms with van der Waals surface area (Å²) in [6.07, 6.45) is 0. The quantitative estimate of drug-likeness (QED) is 0.699. The SMILES string of the molecule is Cc1ccc2c(Cl)cc(Cl)c(OCc3cc(C)on3)c2n1. The van der Waals surface area contributed by atoms with Gasteiger partial charge in [-0.15, -0.1) is 0 Å². The van der Waals surface area contributed by atoms with Crippen molar-refractivity contribution in [3.63, 3.8) is 0 Å². The van der Waals surface area contributed by atoms with Crippen LogP contribution in [0.2, 0.25) is 10.0 Å². The Morgan fingerprint density at radius 3 is 2.67 bits per heavy atom. The molecule has 0 amide bonds. The molecule has 0 aliphatic heterocycles. The lowest BCUT2D eigenvalue weighted by Gasteiger charge is -2.11. The minimum Gasteiger partial charge on any atom is -0.483 e. The minimum absolute atomic E-state index is 0.253. The fraction of sp³-hybridized carbons (Fsp3) is 0.200. The molecule has 108 valence electrons. The van der Waals surface area contributed by atoms with Gasteiger partial charge in [-0.2, -0.15) is 0 Å². The number of hydrogen-bond acceptors (Lipinski definition) is 4. The van der Waals surface area contributed by atoms with Crippen molar-refractivity contribution in [3.8, 4) is 5.75 Å². The van der Waals surface area contributed by atoms with E-state index in [1.54, 1.807) is 6.07 Å². The fourth-order valence-corrected chi connectivity index (χ4v) is 2.63. The van der Waals surface area contributed by atoms with Crippen molar-refractivity contribution in [3.05, 3.63) is 51.5 Å². The van der Waals surface area contributed by atoms with Gasteiger partial charge in [0.15, 0.2) is 5.75 Å². The molecule has 2 heterocycles. The van der Waals surface area contributed by atoms with Crippen LogP contribution >= 0.6 is 23.2 Å². The Bertz CT molecular complexity index is 815. The maximum atomic E-state index is 6.24. The van der Waals surface area contributed by atoms with E-state index in [0.29, 0.717) is 27.0 Å². The monoisotopic (exact) mass is 322 g/mol. The molecule has 0 atom stereocenters. The van der Waals surface area contributed by atoms with Crippen molar-refractivity contribution in [1.82, 2.24) is 10.1 Å². The van der Waals surface area contributed by atoms with Gasteiger partial charge in [-0.3, -0.25) is 0 Å². The number of aromatic nitrogens is 2. The van der Waals surface area contributed by atoms with E-state index >= 15 is 0 Å². The standard InChI is InChI=1S/C15H12Cl2N2O2/c1-8-3-4-11-12(16)6-13(17)15(14(11)18-8)20-7-10-5-9(2)21-19-10/h3-6H,7H2,1-2H3. The summed E-state index contributed by atoms with van der Waals surface area (Å²) in [6, 6.07) is 7.27. The van der Waals surface area contributed by atoms with Crippen LogP contribution in [-0.2, 0) is 6.61 Å². The number of hydrogen-bond donors (Lipinski definition) is 0. The van der Waals surface area contributed by atoms with Crippen LogP contribution < -0.4 is 4.74 Å². The third kappa shape index (κ3) is 2.82. The van der Waals surface area contributed by atoms with Crippen LogP contribution in [0.5, 0.6) is 5.75 Å². The van der Waals surface area contributed by atoms with Gasteiger partial charge < -0.3 is 9.26 Å². The molecular weight excluding hydrogens is 311 g/mol. The third-order valence-corrected chi connectivity index (χ3v) is 3.61. The molecule has 0 N–H and O–H groups in total. The average Bonchev–Trinajstić information content (AvgIpc) is 2.84. The Morgan fingerprint density at radius 1 is 1.14 bits per heavy atom. The van der Waals surface area contributed by atoms with Crippen molar-refractivity contribution >= 4 is 34.1 Å². The maximum absolute atomic E-state index is 6.24. The lowest BCUT2D eigenvalue weighted by Crippen LogP contribution is -1.98. The zero-order valence-corrected chi connectivity index (χ0v) is 13.0.